The number of aliphatic imine (C=N–C) groups is 1. The Balaban J connectivity index is 1.51. The highest BCUT2D eigenvalue weighted by Gasteiger charge is 1.98. The largest absolute Gasteiger partial charge is 0.497 e. The van der Waals surface area contributed by atoms with Crippen molar-refractivity contribution in [3.05, 3.63) is 83.8 Å². The Morgan fingerprint density at radius 2 is 1.71 bits per heavy atom. The molecule has 0 spiro atoms. The maximum atomic E-state index is 5.78. The third-order valence-electron chi connectivity index (χ3n) is 3.51. The number of benzene rings is 2. The molecular formula is C20H19NO3. The van der Waals surface area contributed by atoms with Crippen molar-refractivity contribution < 1.29 is 13.9 Å². The number of hydrogen-bond acceptors (Lipinski definition) is 4. The monoisotopic (exact) mass is 321 g/mol. The second-order valence-electron chi connectivity index (χ2n) is 5.25. The first-order chi connectivity index (χ1) is 11.8. The second-order valence-corrected chi connectivity index (χ2v) is 5.25. The smallest absolute Gasteiger partial charge is 0.125 e. The molecule has 4 heteroatoms. The zero-order valence-corrected chi connectivity index (χ0v) is 13.5. The van der Waals surface area contributed by atoms with Gasteiger partial charge >= 0.3 is 0 Å². The van der Waals surface area contributed by atoms with Gasteiger partial charge in [-0.25, -0.2) is 0 Å². The number of methoxy groups -OCH3 is 1. The summed E-state index contributed by atoms with van der Waals surface area (Å²) >= 11 is 0. The van der Waals surface area contributed by atoms with E-state index in [4.69, 9.17) is 13.9 Å². The van der Waals surface area contributed by atoms with E-state index < -0.39 is 0 Å². The third-order valence-corrected chi connectivity index (χ3v) is 3.51. The zero-order valence-electron chi connectivity index (χ0n) is 13.5. The van der Waals surface area contributed by atoms with E-state index in [9.17, 15) is 0 Å². The molecule has 122 valence electrons. The molecule has 0 aliphatic rings. The maximum Gasteiger partial charge on any atom is 0.125 e. The fourth-order valence-electron chi connectivity index (χ4n) is 2.18. The summed E-state index contributed by atoms with van der Waals surface area (Å²) in [6.07, 6.45) is 3.48. The van der Waals surface area contributed by atoms with E-state index in [2.05, 4.69) is 4.99 Å². The van der Waals surface area contributed by atoms with E-state index in [1.54, 1.807) is 13.4 Å². The van der Waals surface area contributed by atoms with Crippen LogP contribution in [0.4, 0.5) is 0 Å². The summed E-state index contributed by atoms with van der Waals surface area (Å²) in [5.74, 6) is 2.52. The van der Waals surface area contributed by atoms with Crippen LogP contribution >= 0.6 is 0 Å². The van der Waals surface area contributed by atoms with Crippen molar-refractivity contribution in [2.45, 2.75) is 13.2 Å². The van der Waals surface area contributed by atoms with Crippen LogP contribution in [0.5, 0.6) is 11.5 Å². The number of furan rings is 1. The lowest BCUT2D eigenvalue weighted by Crippen LogP contribution is -1.95. The van der Waals surface area contributed by atoms with Crippen molar-refractivity contribution in [2.24, 2.45) is 4.99 Å². The molecule has 2 aromatic carbocycles. The van der Waals surface area contributed by atoms with Gasteiger partial charge in [0, 0.05) is 6.21 Å². The zero-order chi connectivity index (χ0) is 16.6. The average molecular weight is 321 g/mol. The molecule has 3 rings (SSSR count). The highest BCUT2D eigenvalue weighted by atomic mass is 16.5. The van der Waals surface area contributed by atoms with Crippen molar-refractivity contribution in [1.29, 1.82) is 0 Å². The minimum Gasteiger partial charge on any atom is -0.497 e. The van der Waals surface area contributed by atoms with Gasteiger partial charge in [0.15, 0.2) is 0 Å². The van der Waals surface area contributed by atoms with Crippen molar-refractivity contribution in [3.63, 3.8) is 0 Å². The van der Waals surface area contributed by atoms with Gasteiger partial charge in [-0.1, -0.05) is 12.1 Å². The van der Waals surface area contributed by atoms with E-state index >= 15 is 0 Å². The Bertz CT molecular complexity index is 760. The molecule has 24 heavy (non-hydrogen) atoms. The first-order valence-electron chi connectivity index (χ1n) is 7.71. The number of rotatable bonds is 7. The lowest BCUT2D eigenvalue weighted by Gasteiger charge is -2.07. The Morgan fingerprint density at radius 1 is 0.958 bits per heavy atom. The molecule has 0 fully saturated rings. The van der Waals surface area contributed by atoms with E-state index in [-0.39, 0.29) is 0 Å². The van der Waals surface area contributed by atoms with Crippen LogP contribution in [0.15, 0.2) is 76.3 Å². The van der Waals surface area contributed by atoms with Crippen LogP contribution in [0.2, 0.25) is 0 Å². The molecule has 0 atom stereocenters. The van der Waals surface area contributed by atoms with Crippen LogP contribution in [-0.4, -0.2) is 13.3 Å². The van der Waals surface area contributed by atoms with Gasteiger partial charge in [-0.05, 0) is 59.7 Å². The summed E-state index contributed by atoms with van der Waals surface area (Å²) < 4.78 is 16.2. The Hall–Kier alpha value is -3.01. The van der Waals surface area contributed by atoms with E-state index in [0.717, 1.165) is 28.4 Å². The van der Waals surface area contributed by atoms with Crippen molar-refractivity contribution >= 4 is 6.21 Å². The summed E-state index contributed by atoms with van der Waals surface area (Å²) in [7, 11) is 1.66. The molecule has 0 unspecified atom stereocenters. The molecule has 1 heterocycles. The molecule has 0 radical (unpaired) electrons. The topological polar surface area (TPSA) is 44.0 Å². The van der Waals surface area contributed by atoms with Gasteiger partial charge in [-0.15, -0.1) is 0 Å². The lowest BCUT2D eigenvalue weighted by atomic mass is 10.2. The summed E-state index contributed by atoms with van der Waals surface area (Å²) in [4.78, 5) is 4.35. The van der Waals surface area contributed by atoms with Gasteiger partial charge in [0.05, 0.1) is 19.9 Å². The van der Waals surface area contributed by atoms with Crippen LogP contribution in [-0.2, 0) is 13.2 Å². The Kier molecular flexibility index (Phi) is 5.30. The number of ether oxygens (including phenoxy) is 2. The van der Waals surface area contributed by atoms with E-state index in [1.807, 2.05) is 66.9 Å². The summed E-state index contributed by atoms with van der Waals surface area (Å²) in [5, 5.41) is 0. The molecule has 0 saturated carbocycles. The van der Waals surface area contributed by atoms with Crippen LogP contribution in [0, 0.1) is 0 Å². The van der Waals surface area contributed by atoms with Crippen LogP contribution in [0.25, 0.3) is 0 Å². The minimum atomic E-state index is 0.524. The maximum absolute atomic E-state index is 5.78. The van der Waals surface area contributed by atoms with Gasteiger partial charge < -0.3 is 13.9 Å². The fraction of sp³-hybridized carbons (Fsp3) is 0.150. The molecule has 3 aromatic rings. The molecule has 0 saturated heterocycles. The molecule has 0 N–H and O–H groups in total. The van der Waals surface area contributed by atoms with Gasteiger partial charge in [0.2, 0.25) is 0 Å². The van der Waals surface area contributed by atoms with Gasteiger partial charge in [-0.2, -0.15) is 0 Å². The highest BCUT2D eigenvalue weighted by molar-refractivity contribution is 5.79. The SMILES string of the molecule is COc1ccc(COc2ccc(C=NCc3ccco3)cc2)cc1. The normalized spacial score (nSPS) is 10.9. The van der Waals surface area contributed by atoms with E-state index in [0.29, 0.717) is 13.2 Å². The van der Waals surface area contributed by atoms with Gasteiger partial charge in [-0.3, -0.25) is 4.99 Å². The molecular weight excluding hydrogens is 302 g/mol. The highest BCUT2D eigenvalue weighted by Crippen LogP contribution is 2.16. The molecule has 0 amide bonds. The third kappa shape index (κ3) is 4.49. The second kappa shape index (κ2) is 8.02. The predicted octanol–water partition coefficient (Wildman–Crippen LogP) is 4.49. The van der Waals surface area contributed by atoms with Gasteiger partial charge in [0.25, 0.3) is 0 Å². The summed E-state index contributed by atoms with van der Waals surface area (Å²) in [6.45, 7) is 1.07. The standard InChI is InChI=1S/C20H19NO3/c1-22-18-8-6-17(7-9-18)15-24-19-10-4-16(5-11-19)13-21-14-20-3-2-12-23-20/h2-13H,14-15H2,1H3. The number of hydrogen-bond donors (Lipinski definition) is 0. The fourth-order valence-corrected chi connectivity index (χ4v) is 2.18. The van der Waals surface area contributed by atoms with Gasteiger partial charge in [0.1, 0.15) is 23.9 Å². The average Bonchev–Trinajstić information content (AvgIpc) is 3.15. The minimum absolute atomic E-state index is 0.524. The Morgan fingerprint density at radius 3 is 2.38 bits per heavy atom. The summed E-state index contributed by atoms with van der Waals surface area (Å²) in [5.41, 5.74) is 2.12. The van der Waals surface area contributed by atoms with Crippen molar-refractivity contribution in [3.8, 4) is 11.5 Å². The molecule has 0 aliphatic heterocycles. The summed E-state index contributed by atoms with van der Waals surface area (Å²) in [6, 6.07) is 19.5. The van der Waals surface area contributed by atoms with Crippen LogP contribution in [0.1, 0.15) is 16.9 Å². The van der Waals surface area contributed by atoms with Crippen LogP contribution in [0.3, 0.4) is 0 Å². The van der Waals surface area contributed by atoms with Crippen molar-refractivity contribution in [2.75, 3.05) is 7.11 Å². The lowest BCUT2D eigenvalue weighted by molar-refractivity contribution is 0.306. The molecule has 4 nitrogen and oxygen atoms in total. The van der Waals surface area contributed by atoms with Crippen LogP contribution < -0.4 is 9.47 Å². The molecule has 0 aliphatic carbocycles. The quantitative estimate of drug-likeness (QED) is 0.602. The first kappa shape index (κ1) is 15.9. The van der Waals surface area contributed by atoms with Crippen molar-refractivity contribution in [1.82, 2.24) is 0 Å². The number of nitrogens with zero attached hydrogens (tertiary/aromatic N) is 1. The predicted molar refractivity (Wildman–Crippen MR) is 93.8 cm³/mol. The Labute approximate surface area is 141 Å². The molecule has 0 bridgehead atoms. The van der Waals surface area contributed by atoms with E-state index in [1.165, 1.54) is 0 Å². The first-order valence-corrected chi connectivity index (χ1v) is 7.71. The molecule has 1 aromatic heterocycles.